The number of aromatic carboxylic acids is 1. The van der Waals surface area contributed by atoms with E-state index < -0.39 is 5.97 Å². The molecule has 0 aliphatic carbocycles. The Morgan fingerprint density at radius 2 is 1.74 bits per heavy atom. The van der Waals surface area contributed by atoms with Gasteiger partial charge in [-0.2, -0.15) is 5.10 Å². The van der Waals surface area contributed by atoms with Crippen molar-refractivity contribution in [2.75, 3.05) is 0 Å². The largest absolute Gasteiger partial charge is 0.476 e. The van der Waals surface area contributed by atoms with E-state index in [2.05, 4.69) is 11.2 Å². The van der Waals surface area contributed by atoms with Gasteiger partial charge in [-0.3, -0.25) is 0 Å². The molecule has 0 saturated heterocycles. The van der Waals surface area contributed by atoms with E-state index in [0.717, 1.165) is 33.6 Å². The number of aromatic nitrogens is 2. The van der Waals surface area contributed by atoms with E-state index in [9.17, 15) is 9.90 Å². The molecule has 0 aliphatic heterocycles. The highest BCUT2D eigenvalue weighted by atomic mass is 16.4. The summed E-state index contributed by atoms with van der Waals surface area (Å²) in [5.41, 5.74) is 5.97. The zero-order valence-corrected chi connectivity index (χ0v) is 13.4. The summed E-state index contributed by atoms with van der Waals surface area (Å²) in [6.07, 6.45) is 0. The van der Waals surface area contributed by atoms with Gasteiger partial charge >= 0.3 is 5.97 Å². The van der Waals surface area contributed by atoms with Gasteiger partial charge in [-0.1, -0.05) is 35.9 Å². The number of rotatable bonds is 3. The van der Waals surface area contributed by atoms with Crippen molar-refractivity contribution in [3.8, 4) is 16.9 Å². The molecule has 3 aromatic rings. The average Bonchev–Trinajstić information content (AvgIpc) is 2.95. The number of carboxylic acid groups (broad SMARTS) is 1. The number of para-hydroxylation sites is 1. The molecule has 1 heterocycles. The minimum Gasteiger partial charge on any atom is -0.476 e. The van der Waals surface area contributed by atoms with Crippen LogP contribution in [0, 0.1) is 20.8 Å². The summed E-state index contributed by atoms with van der Waals surface area (Å²) in [4.78, 5) is 11.4. The lowest BCUT2D eigenvalue weighted by molar-refractivity contribution is 0.0690. The van der Waals surface area contributed by atoms with Gasteiger partial charge in [0.05, 0.1) is 11.4 Å². The van der Waals surface area contributed by atoms with Crippen LogP contribution in [0.25, 0.3) is 16.9 Å². The van der Waals surface area contributed by atoms with Gasteiger partial charge in [0, 0.05) is 5.56 Å². The van der Waals surface area contributed by atoms with Crippen molar-refractivity contribution in [3.63, 3.8) is 0 Å². The third-order valence-corrected chi connectivity index (χ3v) is 3.94. The molecule has 0 unspecified atom stereocenters. The second-order valence-corrected chi connectivity index (χ2v) is 5.74. The predicted octanol–water partition coefficient (Wildman–Crippen LogP) is 4.16. The molecule has 0 spiro atoms. The molecule has 1 aromatic heterocycles. The molecule has 0 amide bonds. The van der Waals surface area contributed by atoms with Crippen LogP contribution >= 0.6 is 0 Å². The van der Waals surface area contributed by atoms with Crippen molar-refractivity contribution in [1.82, 2.24) is 9.78 Å². The van der Waals surface area contributed by atoms with Crippen LogP contribution in [0.3, 0.4) is 0 Å². The van der Waals surface area contributed by atoms with Crippen LogP contribution in [0.1, 0.15) is 27.2 Å². The van der Waals surface area contributed by atoms with Gasteiger partial charge in [-0.15, -0.1) is 0 Å². The molecule has 4 heteroatoms. The summed E-state index contributed by atoms with van der Waals surface area (Å²) in [5, 5.41) is 13.6. The molecule has 0 aliphatic rings. The van der Waals surface area contributed by atoms with Crippen LogP contribution in [0.15, 0.2) is 48.5 Å². The van der Waals surface area contributed by atoms with E-state index in [1.165, 1.54) is 0 Å². The first kappa shape index (κ1) is 15.0. The lowest BCUT2D eigenvalue weighted by Crippen LogP contribution is -2.04. The van der Waals surface area contributed by atoms with Crippen molar-refractivity contribution in [1.29, 1.82) is 0 Å². The fourth-order valence-corrected chi connectivity index (χ4v) is 2.67. The summed E-state index contributed by atoms with van der Waals surface area (Å²) >= 11 is 0. The standard InChI is InChI=1S/C19H18N2O2/c1-12-8-9-13(2)15(10-12)18-11-16(19(22)23)20-21(18)17-7-5-4-6-14(17)3/h4-11H,1-3H3,(H,22,23). The van der Waals surface area contributed by atoms with E-state index in [4.69, 9.17) is 0 Å². The van der Waals surface area contributed by atoms with Crippen LogP contribution in [0.5, 0.6) is 0 Å². The molecule has 2 aromatic carbocycles. The fraction of sp³-hybridized carbons (Fsp3) is 0.158. The van der Waals surface area contributed by atoms with Gasteiger partial charge in [0.2, 0.25) is 0 Å². The van der Waals surface area contributed by atoms with Gasteiger partial charge in [0.1, 0.15) is 0 Å². The van der Waals surface area contributed by atoms with E-state index in [0.29, 0.717) is 0 Å². The number of hydrogen-bond donors (Lipinski definition) is 1. The van der Waals surface area contributed by atoms with Crippen molar-refractivity contribution in [2.24, 2.45) is 0 Å². The summed E-state index contributed by atoms with van der Waals surface area (Å²) in [5.74, 6) is -1.02. The van der Waals surface area contributed by atoms with Crippen LogP contribution in [-0.2, 0) is 0 Å². The van der Waals surface area contributed by atoms with Crippen LogP contribution in [0.4, 0.5) is 0 Å². The first-order valence-electron chi connectivity index (χ1n) is 7.44. The van der Waals surface area contributed by atoms with Crippen molar-refractivity contribution >= 4 is 5.97 Å². The third-order valence-electron chi connectivity index (χ3n) is 3.94. The molecule has 116 valence electrons. The van der Waals surface area contributed by atoms with Crippen molar-refractivity contribution < 1.29 is 9.90 Å². The molecule has 0 radical (unpaired) electrons. The number of benzene rings is 2. The lowest BCUT2D eigenvalue weighted by atomic mass is 10.0. The summed E-state index contributed by atoms with van der Waals surface area (Å²) in [6, 6.07) is 15.6. The SMILES string of the molecule is Cc1ccc(C)c(-c2cc(C(=O)O)nn2-c2ccccc2C)c1. The second kappa shape index (κ2) is 5.72. The summed E-state index contributed by atoms with van der Waals surface area (Å²) in [6.45, 7) is 6.03. The molecule has 0 atom stereocenters. The molecule has 0 bridgehead atoms. The molecule has 23 heavy (non-hydrogen) atoms. The Morgan fingerprint density at radius 3 is 2.43 bits per heavy atom. The first-order valence-corrected chi connectivity index (χ1v) is 7.44. The molecular weight excluding hydrogens is 288 g/mol. The van der Waals surface area contributed by atoms with Gasteiger partial charge in [-0.25, -0.2) is 9.48 Å². The molecular formula is C19H18N2O2. The van der Waals surface area contributed by atoms with E-state index >= 15 is 0 Å². The minimum absolute atomic E-state index is 0.0455. The van der Waals surface area contributed by atoms with E-state index in [-0.39, 0.29) is 5.69 Å². The van der Waals surface area contributed by atoms with Crippen LogP contribution in [-0.4, -0.2) is 20.9 Å². The third kappa shape index (κ3) is 2.75. The summed E-state index contributed by atoms with van der Waals surface area (Å²) in [7, 11) is 0. The monoisotopic (exact) mass is 306 g/mol. The highest BCUT2D eigenvalue weighted by Gasteiger charge is 2.18. The van der Waals surface area contributed by atoms with Gasteiger partial charge < -0.3 is 5.11 Å². The predicted molar refractivity (Wildman–Crippen MR) is 90.2 cm³/mol. The quantitative estimate of drug-likeness (QED) is 0.790. The zero-order chi connectivity index (χ0) is 16.6. The molecule has 0 saturated carbocycles. The van der Waals surface area contributed by atoms with E-state index in [1.807, 2.05) is 57.2 Å². The van der Waals surface area contributed by atoms with E-state index in [1.54, 1.807) is 10.7 Å². The zero-order valence-electron chi connectivity index (χ0n) is 13.4. The number of carbonyl (C=O) groups is 1. The molecule has 1 N–H and O–H groups in total. The van der Waals surface area contributed by atoms with Crippen molar-refractivity contribution in [2.45, 2.75) is 20.8 Å². The maximum Gasteiger partial charge on any atom is 0.356 e. The lowest BCUT2D eigenvalue weighted by Gasteiger charge is -2.12. The number of aryl methyl sites for hydroxylation is 3. The maximum atomic E-state index is 11.4. The Balaban J connectivity index is 2.30. The smallest absolute Gasteiger partial charge is 0.356 e. The Labute approximate surface area is 135 Å². The minimum atomic E-state index is -1.02. The Hall–Kier alpha value is -2.88. The Morgan fingerprint density at radius 1 is 1.00 bits per heavy atom. The number of hydrogen-bond acceptors (Lipinski definition) is 2. The fourth-order valence-electron chi connectivity index (χ4n) is 2.67. The second-order valence-electron chi connectivity index (χ2n) is 5.74. The molecule has 3 rings (SSSR count). The summed E-state index contributed by atoms with van der Waals surface area (Å²) < 4.78 is 1.72. The first-order chi connectivity index (χ1) is 11.0. The Kier molecular flexibility index (Phi) is 3.74. The van der Waals surface area contributed by atoms with Gasteiger partial charge in [-0.05, 0) is 50.1 Å². The van der Waals surface area contributed by atoms with Gasteiger partial charge in [0.15, 0.2) is 5.69 Å². The van der Waals surface area contributed by atoms with Crippen LogP contribution < -0.4 is 0 Å². The Bertz CT molecular complexity index is 894. The average molecular weight is 306 g/mol. The molecule has 0 fully saturated rings. The maximum absolute atomic E-state index is 11.4. The number of carboxylic acids is 1. The highest BCUT2D eigenvalue weighted by Crippen LogP contribution is 2.29. The van der Waals surface area contributed by atoms with Crippen LogP contribution in [0.2, 0.25) is 0 Å². The highest BCUT2D eigenvalue weighted by molar-refractivity contribution is 5.87. The topological polar surface area (TPSA) is 55.1 Å². The normalized spacial score (nSPS) is 10.7. The number of nitrogens with zero attached hydrogens (tertiary/aromatic N) is 2. The van der Waals surface area contributed by atoms with Gasteiger partial charge in [0.25, 0.3) is 0 Å². The van der Waals surface area contributed by atoms with Crippen molar-refractivity contribution in [3.05, 3.63) is 70.9 Å². The molecule has 4 nitrogen and oxygen atoms in total.